The van der Waals surface area contributed by atoms with Gasteiger partial charge in [0.2, 0.25) is 0 Å². The first-order valence-electron chi connectivity index (χ1n) is 5.69. The van der Waals surface area contributed by atoms with Crippen molar-refractivity contribution in [1.82, 2.24) is 5.32 Å². The van der Waals surface area contributed by atoms with E-state index in [-0.39, 0.29) is 9.92 Å². The van der Waals surface area contributed by atoms with Gasteiger partial charge in [0.1, 0.15) is 0 Å². The van der Waals surface area contributed by atoms with E-state index in [4.69, 9.17) is 0 Å². The third kappa shape index (κ3) is 3.02. The first-order chi connectivity index (χ1) is 7.75. The molecule has 1 aliphatic rings. The minimum Gasteiger partial charge on any atom is -0.312 e. The number of nitro groups is 1. The summed E-state index contributed by atoms with van der Waals surface area (Å²) in [6.07, 6.45) is 5.40. The second kappa shape index (κ2) is 5.41. The second-order valence-electron chi connectivity index (χ2n) is 4.26. The van der Waals surface area contributed by atoms with Crippen molar-refractivity contribution in [2.75, 3.05) is 6.54 Å². The van der Waals surface area contributed by atoms with Crippen LogP contribution in [0, 0.1) is 16.0 Å². The molecule has 0 bridgehead atoms. The van der Waals surface area contributed by atoms with E-state index in [2.05, 4.69) is 5.32 Å². The van der Waals surface area contributed by atoms with Crippen molar-refractivity contribution in [3.8, 4) is 0 Å². The normalized spacial score (nSPS) is 16.0. The Morgan fingerprint density at radius 1 is 1.50 bits per heavy atom. The monoisotopic (exact) mass is 240 g/mol. The molecule has 16 heavy (non-hydrogen) atoms. The Labute approximate surface area is 98.8 Å². The third-order valence-electron chi connectivity index (χ3n) is 3.08. The van der Waals surface area contributed by atoms with Gasteiger partial charge in [0, 0.05) is 17.5 Å². The number of thiophene rings is 1. The zero-order valence-corrected chi connectivity index (χ0v) is 9.96. The van der Waals surface area contributed by atoms with Gasteiger partial charge in [0.25, 0.3) is 0 Å². The summed E-state index contributed by atoms with van der Waals surface area (Å²) < 4.78 is 0. The van der Waals surface area contributed by atoms with Gasteiger partial charge in [-0.25, -0.2) is 0 Å². The van der Waals surface area contributed by atoms with Crippen molar-refractivity contribution in [3.05, 3.63) is 27.1 Å². The molecule has 0 radical (unpaired) electrons. The Hall–Kier alpha value is -0.940. The number of hydrogen-bond acceptors (Lipinski definition) is 4. The van der Waals surface area contributed by atoms with Crippen LogP contribution in [0.2, 0.25) is 0 Å². The van der Waals surface area contributed by atoms with Crippen LogP contribution in [0.25, 0.3) is 0 Å². The molecule has 5 heteroatoms. The Bertz CT molecular complexity index is 361. The molecule has 4 nitrogen and oxygen atoms in total. The summed E-state index contributed by atoms with van der Waals surface area (Å²) in [7, 11) is 0. The van der Waals surface area contributed by atoms with E-state index in [1.54, 1.807) is 6.07 Å². The fraction of sp³-hybridized carbons (Fsp3) is 0.636. The van der Waals surface area contributed by atoms with Crippen LogP contribution in [0.1, 0.15) is 30.6 Å². The fourth-order valence-electron chi connectivity index (χ4n) is 1.86. The highest BCUT2D eigenvalue weighted by Gasteiger charge is 2.16. The van der Waals surface area contributed by atoms with Crippen LogP contribution in [0.4, 0.5) is 5.00 Å². The van der Waals surface area contributed by atoms with Gasteiger partial charge in [0.15, 0.2) is 0 Å². The van der Waals surface area contributed by atoms with Crippen LogP contribution in [0.5, 0.6) is 0 Å². The lowest BCUT2D eigenvalue weighted by Gasteiger charge is -2.25. The zero-order chi connectivity index (χ0) is 11.4. The Morgan fingerprint density at radius 2 is 2.31 bits per heavy atom. The predicted octanol–water partition coefficient (Wildman–Crippen LogP) is 2.94. The van der Waals surface area contributed by atoms with Gasteiger partial charge in [-0.15, -0.1) is 0 Å². The van der Waals surface area contributed by atoms with E-state index < -0.39 is 0 Å². The van der Waals surface area contributed by atoms with E-state index >= 15 is 0 Å². The lowest BCUT2D eigenvalue weighted by molar-refractivity contribution is -0.380. The fourth-order valence-corrected chi connectivity index (χ4v) is 2.65. The molecule has 1 fully saturated rings. The van der Waals surface area contributed by atoms with E-state index in [0.717, 1.165) is 23.9 Å². The number of rotatable bonds is 6. The van der Waals surface area contributed by atoms with Gasteiger partial charge < -0.3 is 5.32 Å². The highest BCUT2D eigenvalue weighted by Crippen LogP contribution is 2.29. The largest absolute Gasteiger partial charge is 0.324 e. The summed E-state index contributed by atoms with van der Waals surface area (Å²) >= 11 is 1.26. The molecule has 1 N–H and O–H groups in total. The van der Waals surface area contributed by atoms with Gasteiger partial charge in [-0.05, 0) is 24.9 Å². The Morgan fingerprint density at radius 3 is 2.88 bits per heavy atom. The molecule has 1 aliphatic carbocycles. The van der Waals surface area contributed by atoms with Crippen molar-refractivity contribution in [2.45, 2.75) is 32.2 Å². The molecular weight excluding hydrogens is 224 g/mol. The molecule has 0 unspecified atom stereocenters. The molecule has 0 aromatic carbocycles. The van der Waals surface area contributed by atoms with Crippen molar-refractivity contribution < 1.29 is 4.92 Å². The van der Waals surface area contributed by atoms with Crippen LogP contribution >= 0.6 is 11.3 Å². The summed E-state index contributed by atoms with van der Waals surface area (Å²) in [5.41, 5.74) is 0. The zero-order valence-electron chi connectivity index (χ0n) is 9.15. The minimum atomic E-state index is -0.331. The number of hydrogen-bond donors (Lipinski definition) is 1. The van der Waals surface area contributed by atoms with Crippen LogP contribution in [0.3, 0.4) is 0 Å². The maximum atomic E-state index is 10.5. The minimum absolute atomic E-state index is 0.232. The quantitative estimate of drug-likeness (QED) is 0.472. The molecule has 1 aromatic rings. The van der Waals surface area contributed by atoms with Crippen LogP contribution in [-0.2, 0) is 6.54 Å². The first kappa shape index (κ1) is 11.5. The Balaban J connectivity index is 1.66. The summed E-state index contributed by atoms with van der Waals surface area (Å²) in [5, 5.41) is 14.0. The molecular formula is C11H16N2O2S. The van der Waals surface area contributed by atoms with Gasteiger partial charge in [-0.1, -0.05) is 30.6 Å². The summed E-state index contributed by atoms with van der Waals surface area (Å²) in [5.74, 6) is 0.921. The van der Waals surface area contributed by atoms with Crippen molar-refractivity contribution in [3.63, 3.8) is 0 Å². The number of nitrogens with zero attached hydrogens (tertiary/aromatic N) is 1. The van der Waals surface area contributed by atoms with Crippen molar-refractivity contribution >= 4 is 16.3 Å². The van der Waals surface area contributed by atoms with Gasteiger partial charge in [0.05, 0.1) is 4.92 Å². The average molecular weight is 240 g/mol. The first-order valence-corrected chi connectivity index (χ1v) is 6.51. The third-order valence-corrected chi connectivity index (χ3v) is 4.12. The van der Waals surface area contributed by atoms with Crippen molar-refractivity contribution in [1.29, 1.82) is 0 Å². The molecule has 1 heterocycles. The van der Waals surface area contributed by atoms with Crippen LogP contribution in [-0.4, -0.2) is 11.5 Å². The lowest BCUT2D eigenvalue weighted by Crippen LogP contribution is -2.20. The van der Waals surface area contributed by atoms with Gasteiger partial charge in [-0.3, -0.25) is 10.1 Å². The van der Waals surface area contributed by atoms with E-state index in [1.165, 1.54) is 37.0 Å². The molecule has 88 valence electrons. The van der Waals surface area contributed by atoms with Crippen LogP contribution in [0.15, 0.2) is 12.1 Å². The summed E-state index contributed by atoms with van der Waals surface area (Å²) in [4.78, 5) is 11.2. The van der Waals surface area contributed by atoms with Gasteiger partial charge in [-0.2, -0.15) is 0 Å². The van der Waals surface area contributed by atoms with Gasteiger partial charge >= 0.3 is 5.00 Å². The molecule has 2 rings (SSSR count). The van der Waals surface area contributed by atoms with E-state index in [1.807, 2.05) is 6.07 Å². The average Bonchev–Trinajstić information content (AvgIpc) is 2.63. The SMILES string of the molecule is O=[N+]([O-])c1ccc(CNCCC2CCC2)s1. The molecule has 0 spiro atoms. The number of nitrogens with one attached hydrogen (secondary N) is 1. The van der Waals surface area contributed by atoms with Crippen molar-refractivity contribution in [2.24, 2.45) is 5.92 Å². The lowest BCUT2D eigenvalue weighted by atomic mass is 9.83. The van der Waals surface area contributed by atoms with E-state index in [0.29, 0.717) is 0 Å². The molecule has 0 amide bonds. The summed E-state index contributed by atoms with van der Waals surface area (Å²) in [6, 6.07) is 3.41. The molecule has 1 saturated carbocycles. The van der Waals surface area contributed by atoms with Crippen LogP contribution < -0.4 is 5.32 Å². The Kier molecular flexibility index (Phi) is 3.90. The molecule has 0 aliphatic heterocycles. The maximum absolute atomic E-state index is 10.5. The summed E-state index contributed by atoms with van der Waals surface area (Å²) in [6.45, 7) is 1.78. The topological polar surface area (TPSA) is 55.2 Å². The second-order valence-corrected chi connectivity index (χ2v) is 5.41. The predicted molar refractivity (Wildman–Crippen MR) is 64.6 cm³/mol. The molecule has 1 aromatic heterocycles. The highest BCUT2D eigenvalue weighted by molar-refractivity contribution is 7.15. The molecule has 0 saturated heterocycles. The highest BCUT2D eigenvalue weighted by atomic mass is 32.1. The standard InChI is InChI=1S/C11H16N2O2S/c14-13(15)11-5-4-10(16-11)8-12-7-6-9-2-1-3-9/h4-5,9,12H,1-3,6-8H2. The van der Waals surface area contributed by atoms with E-state index in [9.17, 15) is 10.1 Å². The maximum Gasteiger partial charge on any atom is 0.324 e. The smallest absolute Gasteiger partial charge is 0.312 e. The molecule has 0 atom stereocenters.